The third kappa shape index (κ3) is 8.85. The highest BCUT2D eigenvalue weighted by atomic mass is 35.5. The molecule has 0 aromatic carbocycles. The van der Waals surface area contributed by atoms with Crippen molar-refractivity contribution >= 4 is 23.5 Å². The highest BCUT2D eigenvalue weighted by Crippen LogP contribution is 2.39. The van der Waals surface area contributed by atoms with E-state index in [1.54, 1.807) is 0 Å². The van der Waals surface area contributed by atoms with E-state index in [9.17, 15) is 9.59 Å². The number of carbonyl (C=O) groups is 2. The molecule has 5 heteroatoms. The van der Waals surface area contributed by atoms with E-state index < -0.39 is 0 Å². The van der Waals surface area contributed by atoms with Gasteiger partial charge >= 0.3 is 11.9 Å². The summed E-state index contributed by atoms with van der Waals surface area (Å²) in [5.41, 5.74) is 0.355. The van der Waals surface area contributed by atoms with Gasteiger partial charge in [0.15, 0.2) is 0 Å². The number of halogens is 1. The molecule has 4 unspecified atom stereocenters. The third-order valence-corrected chi connectivity index (χ3v) is 6.28. The van der Waals surface area contributed by atoms with E-state index >= 15 is 0 Å². The fourth-order valence-electron chi connectivity index (χ4n) is 4.24. The van der Waals surface area contributed by atoms with E-state index in [4.69, 9.17) is 21.1 Å². The lowest BCUT2D eigenvalue weighted by atomic mass is 9.72. The molecule has 0 heterocycles. The van der Waals surface area contributed by atoms with Crippen LogP contribution in [0, 0.1) is 23.2 Å². The molecular weight excluding hydrogens is 364 g/mol. The number of alkyl halides is 1. The summed E-state index contributed by atoms with van der Waals surface area (Å²) in [5, 5.41) is 0. The summed E-state index contributed by atoms with van der Waals surface area (Å²) in [7, 11) is 2.76. The van der Waals surface area contributed by atoms with Crippen molar-refractivity contribution in [1.82, 2.24) is 0 Å². The molecular formula is C22H39ClO4. The number of carbonyl (C=O) groups excluding carboxylic acids is 2. The van der Waals surface area contributed by atoms with Crippen molar-refractivity contribution in [3.05, 3.63) is 0 Å². The Kier molecular flexibility index (Phi) is 9.61. The zero-order chi connectivity index (χ0) is 20.7. The van der Waals surface area contributed by atoms with Crippen LogP contribution in [0.2, 0.25) is 0 Å². The minimum absolute atomic E-state index is 0.157. The molecule has 1 saturated carbocycles. The molecule has 0 radical (unpaired) electrons. The van der Waals surface area contributed by atoms with Crippen molar-refractivity contribution in [2.75, 3.05) is 14.2 Å². The van der Waals surface area contributed by atoms with Crippen LogP contribution in [0.1, 0.15) is 85.5 Å². The Bertz CT molecular complexity index is 481. The summed E-state index contributed by atoms with van der Waals surface area (Å²) in [6.45, 7) is 8.94. The number of ether oxygens (including phenoxy) is 2. The summed E-state index contributed by atoms with van der Waals surface area (Å²) in [6, 6.07) is 0. The van der Waals surface area contributed by atoms with Gasteiger partial charge in [0.05, 0.1) is 26.1 Å². The fraction of sp³-hybridized carbons (Fsp3) is 0.909. The van der Waals surface area contributed by atoms with E-state index in [0.717, 1.165) is 38.5 Å². The minimum Gasteiger partial charge on any atom is -0.469 e. The molecule has 4 atom stereocenters. The van der Waals surface area contributed by atoms with Gasteiger partial charge in [-0.05, 0) is 56.8 Å². The molecule has 0 spiro atoms. The molecule has 1 aliphatic carbocycles. The maximum atomic E-state index is 12.1. The first-order valence-electron chi connectivity index (χ1n) is 10.3. The lowest BCUT2D eigenvalue weighted by molar-refractivity contribution is -0.160. The summed E-state index contributed by atoms with van der Waals surface area (Å²) in [4.78, 5) is 23.9. The van der Waals surface area contributed by atoms with E-state index in [0.29, 0.717) is 24.2 Å². The molecule has 1 aliphatic rings. The van der Waals surface area contributed by atoms with Crippen LogP contribution in [-0.4, -0.2) is 31.0 Å². The molecule has 0 aromatic rings. The monoisotopic (exact) mass is 402 g/mol. The quantitative estimate of drug-likeness (QED) is 0.364. The lowest BCUT2D eigenvalue weighted by Gasteiger charge is -2.33. The molecule has 0 amide bonds. The largest absolute Gasteiger partial charge is 0.469 e. The van der Waals surface area contributed by atoms with Crippen molar-refractivity contribution in [3.63, 3.8) is 0 Å². The predicted molar refractivity (Wildman–Crippen MR) is 110 cm³/mol. The second-order valence-electron chi connectivity index (χ2n) is 9.66. The minimum atomic E-state index is -0.379. The van der Waals surface area contributed by atoms with Crippen molar-refractivity contribution in [3.8, 4) is 0 Å². The summed E-state index contributed by atoms with van der Waals surface area (Å²) in [6.07, 6.45) is 8.81. The first-order valence-corrected chi connectivity index (χ1v) is 10.7. The van der Waals surface area contributed by atoms with E-state index in [-0.39, 0.29) is 28.6 Å². The van der Waals surface area contributed by atoms with Gasteiger partial charge in [-0.1, -0.05) is 40.0 Å². The van der Waals surface area contributed by atoms with Crippen LogP contribution >= 0.6 is 11.6 Å². The zero-order valence-corrected chi connectivity index (χ0v) is 18.9. The van der Waals surface area contributed by atoms with Gasteiger partial charge in [0.1, 0.15) is 0 Å². The topological polar surface area (TPSA) is 52.6 Å². The summed E-state index contributed by atoms with van der Waals surface area (Å²) < 4.78 is 9.80. The fourth-order valence-corrected chi connectivity index (χ4v) is 4.50. The number of hydrogen-bond donors (Lipinski definition) is 0. The Balaban J connectivity index is 2.46. The van der Waals surface area contributed by atoms with Crippen molar-refractivity contribution < 1.29 is 19.1 Å². The third-order valence-electron chi connectivity index (χ3n) is 5.90. The van der Waals surface area contributed by atoms with Crippen molar-refractivity contribution in [1.29, 1.82) is 0 Å². The first kappa shape index (κ1) is 24.3. The Hall–Kier alpha value is -0.770. The highest BCUT2D eigenvalue weighted by molar-refractivity contribution is 6.23. The number of rotatable bonds is 9. The van der Waals surface area contributed by atoms with Gasteiger partial charge in [-0.25, -0.2) is 0 Å². The molecule has 1 rings (SSSR count). The van der Waals surface area contributed by atoms with Gasteiger partial charge in [0.2, 0.25) is 0 Å². The second kappa shape index (κ2) is 10.7. The smallest absolute Gasteiger partial charge is 0.309 e. The van der Waals surface area contributed by atoms with Crippen LogP contribution in [0.25, 0.3) is 0 Å². The molecule has 27 heavy (non-hydrogen) atoms. The van der Waals surface area contributed by atoms with Crippen molar-refractivity contribution in [2.24, 2.45) is 23.2 Å². The van der Waals surface area contributed by atoms with Crippen LogP contribution in [-0.2, 0) is 19.1 Å². The standard InChI is InChI=1S/C22H39ClO4/c1-21(2,3)12-8-14-22(4,23)13-7-9-16-10-11-17(19(24)26-5)18(15-16)20(25)27-6/h16-18H,7-15H2,1-6H3. The molecule has 0 saturated heterocycles. The van der Waals surface area contributed by atoms with Crippen LogP contribution in [0.15, 0.2) is 0 Å². The van der Waals surface area contributed by atoms with E-state index in [1.165, 1.54) is 20.6 Å². The number of hydrogen-bond acceptors (Lipinski definition) is 4. The van der Waals surface area contributed by atoms with Gasteiger partial charge in [-0.15, -0.1) is 11.6 Å². The van der Waals surface area contributed by atoms with Crippen LogP contribution in [0.5, 0.6) is 0 Å². The van der Waals surface area contributed by atoms with Gasteiger partial charge in [-0.3, -0.25) is 9.59 Å². The number of methoxy groups -OCH3 is 2. The van der Waals surface area contributed by atoms with Crippen LogP contribution in [0.3, 0.4) is 0 Å². The highest BCUT2D eigenvalue weighted by Gasteiger charge is 2.40. The molecule has 0 aromatic heterocycles. The molecule has 1 fully saturated rings. The normalized spacial score (nSPS) is 25.5. The molecule has 0 N–H and O–H groups in total. The van der Waals surface area contributed by atoms with Gasteiger partial charge in [0, 0.05) is 4.87 Å². The van der Waals surface area contributed by atoms with Gasteiger partial charge in [-0.2, -0.15) is 0 Å². The van der Waals surface area contributed by atoms with E-state index in [2.05, 4.69) is 27.7 Å². The molecule has 4 nitrogen and oxygen atoms in total. The SMILES string of the molecule is COC(=O)C1CCC(CCCC(C)(Cl)CCCC(C)(C)C)CC1C(=O)OC. The van der Waals surface area contributed by atoms with Gasteiger partial charge in [0.25, 0.3) is 0 Å². The Morgan fingerprint density at radius 1 is 0.889 bits per heavy atom. The summed E-state index contributed by atoms with van der Waals surface area (Å²) >= 11 is 6.73. The van der Waals surface area contributed by atoms with E-state index in [1.807, 2.05) is 0 Å². The van der Waals surface area contributed by atoms with Gasteiger partial charge < -0.3 is 9.47 Å². The average Bonchev–Trinajstić information content (AvgIpc) is 2.58. The lowest BCUT2D eigenvalue weighted by Crippen LogP contribution is -2.37. The maximum Gasteiger partial charge on any atom is 0.309 e. The second-order valence-corrected chi connectivity index (χ2v) is 10.6. The molecule has 0 bridgehead atoms. The Labute approximate surface area is 170 Å². The zero-order valence-electron chi connectivity index (χ0n) is 18.1. The first-order chi connectivity index (χ1) is 12.5. The Morgan fingerprint density at radius 2 is 1.44 bits per heavy atom. The molecule has 0 aliphatic heterocycles. The Morgan fingerprint density at radius 3 is 2.00 bits per heavy atom. The maximum absolute atomic E-state index is 12.1. The average molecular weight is 403 g/mol. The predicted octanol–water partition coefficient (Wildman–Crippen LogP) is 5.75. The van der Waals surface area contributed by atoms with Crippen LogP contribution < -0.4 is 0 Å². The number of esters is 2. The van der Waals surface area contributed by atoms with Crippen molar-refractivity contribution in [2.45, 2.75) is 90.4 Å². The van der Waals surface area contributed by atoms with Crippen LogP contribution in [0.4, 0.5) is 0 Å². The summed E-state index contributed by atoms with van der Waals surface area (Å²) in [5.74, 6) is -0.891. The molecule has 158 valence electrons.